The highest BCUT2D eigenvalue weighted by Gasteiger charge is 2.48. The van der Waals surface area contributed by atoms with Gasteiger partial charge in [0.15, 0.2) is 5.58 Å². The number of alkyl halides is 3. The third-order valence-corrected chi connectivity index (χ3v) is 5.60. The van der Waals surface area contributed by atoms with Crippen LogP contribution in [0.25, 0.3) is 16.8 Å². The van der Waals surface area contributed by atoms with Crippen molar-refractivity contribution >= 4 is 34.8 Å². The molecule has 1 aromatic carbocycles. The second kappa shape index (κ2) is 6.02. The summed E-state index contributed by atoms with van der Waals surface area (Å²) in [6, 6.07) is 2.29. The van der Waals surface area contributed by atoms with Gasteiger partial charge in [-0.1, -0.05) is 11.6 Å². The van der Waals surface area contributed by atoms with Crippen LogP contribution in [0.3, 0.4) is 0 Å². The zero-order valence-corrected chi connectivity index (χ0v) is 15.4. The molecular weight excluding hydrogens is 415 g/mol. The van der Waals surface area contributed by atoms with Gasteiger partial charge in [-0.25, -0.2) is 9.48 Å². The van der Waals surface area contributed by atoms with Gasteiger partial charge in [-0.2, -0.15) is 23.3 Å². The molecule has 29 heavy (non-hydrogen) atoms. The number of aromatic nitrogens is 3. The van der Waals surface area contributed by atoms with Crippen LogP contribution in [0, 0.1) is 0 Å². The Morgan fingerprint density at radius 1 is 1.31 bits per heavy atom. The van der Waals surface area contributed by atoms with Crippen LogP contribution in [0.5, 0.6) is 0 Å². The largest absolute Gasteiger partial charge is 0.465 e. The van der Waals surface area contributed by atoms with E-state index in [0.717, 1.165) is 6.07 Å². The van der Waals surface area contributed by atoms with Crippen molar-refractivity contribution in [3.05, 3.63) is 35.1 Å². The number of halogens is 4. The molecular formula is C17H13ClF3N5O3. The summed E-state index contributed by atoms with van der Waals surface area (Å²) in [6.45, 7) is 0.587. The number of hydrogen-bond acceptors (Lipinski definition) is 5. The molecule has 0 spiro atoms. The molecule has 1 N–H and O–H groups in total. The topological polar surface area (TPSA) is 87.6 Å². The average Bonchev–Trinajstić information content (AvgIpc) is 3.29. The molecule has 3 fully saturated rings. The van der Waals surface area contributed by atoms with Crippen LogP contribution in [-0.2, 0) is 6.18 Å². The lowest BCUT2D eigenvalue weighted by Crippen LogP contribution is -2.70. The summed E-state index contributed by atoms with van der Waals surface area (Å²) < 4.78 is 48.0. The van der Waals surface area contributed by atoms with Crippen LogP contribution < -0.4 is 4.90 Å². The van der Waals surface area contributed by atoms with Crippen LogP contribution in [0.4, 0.5) is 24.0 Å². The monoisotopic (exact) mass is 427 g/mol. The SMILES string of the molecule is O=C(O)N1C2CC1CN(c1nc3c(C(F)(F)F)c(Cl)cc(-n4cccn4)c3o1)C2. The maximum absolute atomic E-state index is 13.6. The molecule has 152 valence electrons. The third-order valence-electron chi connectivity index (χ3n) is 5.31. The molecule has 3 aromatic rings. The highest BCUT2D eigenvalue weighted by atomic mass is 35.5. The fourth-order valence-corrected chi connectivity index (χ4v) is 4.39. The standard InChI is InChI=1S/C17H13ClF3N5O3/c18-10-5-11(25-3-1-2-22-25)14-13(12(10)17(19,20)21)23-15(29-14)24-6-8-4-9(7-24)26(8)16(27)28/h1-3,5,8-9H,4,6-7H2,(H,27,28). The van der Waals surface area contributed by atoms with Crippen LogP contribution >= 0.6 is 11.6 Å². The summed E-state index contributed by atoms with van der Waals surface area (Å²) >= 11 is 5.96. The minimum absolute atomic E-state index is 0.000844. The second-order valence-electron chi connectivity index (χ2n) is 7.01. The van der Waals surface area contributed by atoms with Crippen LogP contribution in [0.15, 0.2) is 28.9 Å². The molecule has 2 bridgehead atoms. The lowest BCUT2D eigenvalue weighted by atomic mass is 9.88. The molecule has 0 radical (unpaired) electrons. The molecule has 0 aliphatic carbocycles. The zero-order chi connectivity index (χ0) is 20.5. The van der Waals surface area contributed by atoms with E-state index in [2.05, 4.69) is 10.1 Å². The third kappa shape index (κ3) is 2.71. The summed E-state index contributed by atoms with van der Waals surface area (Å²) in [4.78, 5) is 18.4. The first-order valence-corrected chi connectivity index (χ1v) is 9.08. The summed E-state index contributed by atoms with van der Waals surface area (Å²) in [7, 11) is 0. The molecule has 2 aromatic heterocycles. The van der Waals surface area contributed by atoms with Crippen molar-refractivity contribution in [1.82, 2.24) is 19.7 Å². The summed E-state index contributed by atoms with van der Waals surface area (Å²) in [5.41, 5.74) is -1.33. The van der Waals surface area contributed by atoms with E-state index in [1.807, 2.05) is 0 Å². The normalized spacial score (nSPS) is 21.5. The van der Waals surface area contributed by atoms with E-state index in [-0.39, 0.29) is 29.4 Å². The quantitative estimate of drug-likeness (QED) is 0.672. The Bertz CT molecular complexity index is 1100. The zero-order valence-electron chi connectivity index (χ0n) is 14.6. The van der Waals surface area contributed by atoms with Crippen LogP contribution in [0.2, 0.25) is 5.02 Å². The minimum Gasteiger partial charge on any atom is -0.465 e. The van der Waals surface area contributed by atoms with E-state index < -0.39 is 28.4 Å². The van der Waals surface area contributed by atoms with E-state index >= 15 is 0 Å². The Labute approximate surface area is 166 Å². The van der Waals surface area contributed by atoms with Gasteiger partial charge in [0.2, 0.25) is 0 Å². The lowest BCUT2D eigenvalue weighted by molar-refractivity contribution is -0.136. The van der Waals surface area contributed by atoms with Crippen molar-refractivity contribution in [2.24, 2.45) is 0 Å². The maximum atomic E-state index is 13.6. The smallest absolute Gasteiger partial charge is 0.420 e. The molecule has 3 aliphatic rings. The number of amides is 1. The number of piperazine rings is 1. The highest BCUT2D eigenvalue weighted by Crippen LogP contribution is 2.43. The molecule has 0 saturated carbocycles. The molecule has 6 rings (SSSR count). The Morgan fingerprint density at radius 2 is 2.03 bits per heavy atom. The number of hydrogen-bond donors (Lipinski definition) is 1. The van der Waals surface area contributed by atoms with Gasteiger partial charge < -0.3 is 14.4 Å². The summed E-state index contributed by atoms with van der Waals surface area (Å²) in [5.74, 6) is 0. The van der Waals surface area contributed by atoms with E-state index in [1.54, 1.807) is 17.2 Å². The van der Waals surface area contributed by atoms with E-state index in [0.29, 0.717) is 19.5 Å². The number of benzene rings is 1. The van der Waals surface area contributed by atoms with E-state index in [4.69, 9.17) is 16.0 Å². The Hall–Kier alpha value is -2.95. The number of nitrogens with zero attached hydrogens (tertiary/aromatic N) is 5. The van der Waals surface area contributed by atoms with Gasteiger partial charge in [0.1, 0.15) is 16.8 Å². The van der Waals surface area contributed by atoms with Crippen molar-refractivity contribution in [2.45, 2.75) is 24.7 Å². The number of carbonyl (C=O) groups is 1. The van der Waals surface area contributed by atoms with Crippen molar-refractivity contribution in [1.29, 1.82) is 0 Å². The first-order valence-electron chi connectivity index (χ1n) is 8.70. The highest BCUT2D eigenvalue weighted by molar-refractivity contribution is 6.32. The minimum atomic E-state index is -4.73. The predicted molar refractivity (Wildman–Crippen MR) is 95.4 cm³/mol. The molecule has 3 aliphatic heterocycles. The van der Waals surface area contributed by atoms with Gasteiger partial charge >= 0.3 is 12.3 Å². The molecule has 5 heterocycles. The second-order valence-corrected chi connectivity index (χ2v) is 7.42. The van der Waals surface area contributed by atoms with Crippen molar-refractivity contribution in [2.75, 3.05) is 18.0 Å². The molecule has 8 nitrogen and oxygen atoms in total. The number of carboxylic acid groups (broad SMARTS) is 1. The average molecular weight is 428 g/mol. The van der Waals surface area contributed by atoms with Gasteiger partial charge in [-0.15, -0.1) is 0 Å². The Kier molecular flexibility index (Phi) is 3.76. The number of anilines is 1. The van der Waals surface area contributed by atoms with Gasteiger partial charge in [-0.05, 0) is 18.6 Å². The van der Waals surface area contributed by atoms with E-state index in [9.17, 15) is 23.1 Å². The van der Waals surface area contributed by atoms with Gasteiger partial charge in [-0.3, -0.25) is 4.90 Å². The fourth-order valence-electron chi connectivity index (χ4n) is 4.09. The maximum Gasteiger partial charge on any atom is 0.420 e. The van der Waals surface area contributed by atoms with Crippen LogP contribution in [0.1, 0.15) is 12.0 Å². The lowest BCUT2D eigenvalue weighted by Gasteiger charge is -2.54. The van der Waals surface area contributed by atoms with Crippen molar-refractivity contribution < 1.29 is 27.5 Å². The number of rotatable bonds is 2. The fraction of sp³-hybridized carbons (Fsp3) is 0.353. The van der Waals surface area contributed by atoms with E-state index in [1.165, 1.54) is 15.8 Å². The summed E-state index contributed by atoms with van der Waals surface area (Å²) in [6.07, 6.45) is -1.98. The summed E-state index contributed by atoms with van der Waals surface area (Å²) in [5, 5.41) is 12.8. The predicted octanol–water partition coefficient (Wildman–Crippen LogP) is 3.63. The first-order chi connectivity index (χ1) is 13.7. The molecule has 1 amide bonds. The number of oxazole rings is 1. The van der Waals surface area contributed by atoms with Crippen molar-refractivity contribution in [3.63, 3.8) is 0 Å². The number of piperidine rings is 1. The number of fused-ring (bicyclic) bond motifs is 3. The molecule has 2 atom stereocenters. The Balaban J connectivity index is 1.62. The van der Waals surface area contributed by atoms with Gasteiger partial charge in [0.05, 0.1) is 17.1 Å². The molecule has 3 saturated heterocycles. The van der Waals surface area contributed by atoms with Gasteiger partial charge in [0, 0.05) is 25.5 Å². The van der Waals surface area contributed by atoms with Gasteiger partial charge in [0.25, 0.3) is 6.01 Å². The van der Waals surface area contributed by atoms with Crippen LogP contribution in [-0.4, -0.2) is 56.0 Å². The molecule has 12 heteroatoms. The molecule has 2 unspecified atom stereocenters. The van der Waals surface area contributed by atoms with Crippen molar-refractivity contribution in [3.8, 4) is 5.69 Å². The Morgan fingerprint density at radius 3 is 2.62 bits per heavy atom. The first kappa shape index (κ1) is 18.1.